The number of rotatable bonds is 3. The minimum absolute atomic E-state index is 0. The maximum atomic E-state index is 12.6. The molecule has 1 aliphatic heterocycles. The van der Waals surface area contributed by atoms with E-state index in [1.165, 1.54) is 38.5 Å². The van der Waals surface area contributed by atoms with Crippen molar-refractivity contribution in [1.82, 2.24) is 10.2 Å². The SMILES string of the molecule is CN(C(=O)CC1CCNC1)C1C2CC3CC(C2)CC1C3.Cl. The number of hydrogen-bond donors (Lipinski definition) is 1. The number of carbonyl (C=O) groups excluding carboxylic acids is 1. The Balaban J connectivity index is 0.00000132. The largest absolute Gasteiger partial charge is 0.342 e. The van der Waals surface area contributed by atoms with Gasteiger partial charge in [-0.05, 0) is 81.2 Å². The van der Waals surface area contributed by atoms with Gasteiger partial charge in [0.2, 0.25) is 5.91 Å². The fourth-order valence-electron chi connectivity index (χ4n) is 5.97. The molecule has 1 heterocycles. The molecule has 5 rings (SSSR count). The van der Waals surface area contributed by atoms with Crippen LogP contribution < -0.4 is 5.32 Å². The normalized spacial score (nSPS) is 43.7. The van der Waals surface area contributed by atoms with E-state index >= 15 is 0 Å². The molecule has 1 saturated heterocycles. The van der Waals surface area contributed by atoms with Crippen molar-refractivity contribution in [2.45, 2.75) is 51.0 Å². The van der Waals surface area contributed by atoms with E-state index in [9.17, 15) is 4.79 Å². The van der Waals surface area contributed by atoms with Crippen LogP contribution in [0.15, 0.2) is 0 Å². The number of halogens is 1. The van der Waals surface area contributed by atoms with Crippen molar-refractivity contribution < 1.29 is 4.79 Å². The highest BCUT2D eigenvalue weighted by Gasteiger charge is 2.50. The molecule has 0 aromatic rings. The third-order valence-electron chi connectivity index (χ3n) is 6.64. The number of nitrogens with zero attached hydrogens (tertiary/aromatic N) is 1. The molecular formula is C17H29ClN2O. The van der Waals surface area contributed by atoms with Gasteiger partial charge in [0.05, 0.1) is 0 Å². The van der Waals surface area contributed by atoms with Gasteiger partial charge in [-0.25, -0.2) is 0 Å². The molecule has 1 unspecified atom stereocenters. The summed E-state index contributed by atoms with van der Waals surface area (Å²) in [7, 11) is 2.09. The van der Waals surface area contributed by atoms with Gasteiger partial charge in [-0.15, -0.1) is 12.4 Å². The molecule has 3 nitrogen and oxygen atoms in total. The lowest BCUT2D eigenvalue weighted by Crippen LogP contribution is -2.56. The van der Waals surface area contributed by atoms with Gasteiger partial charge in [0, 0.05) is 19.5 Å². The topological polar surface area (TPSA) is 32.3 Å². The van der Waals surface area contributed by atoms with Crippen molar-refractivity contribution in [2.75, 3.05) is 20.1 Å². The van der Waals surface area contributed by atoms with Crippen molar-refractivity contribution in [2.24, 2.45) is 29.6 Å². The van der Waals surface area contributed by atoms with Crippen LogP contribution in [-0.2, 0) is 4.79 Å². The van der Waals surface area contributed by atoms with Gasteiger partial charge >= 0.3 is 0 Å². The van der Waals surface area contributed by atoms with Crippen LogP contribution in [-0.4, -0.2) is 37.0 Å². The molecule has 0 radical (unpaired) electrons. The van der Waals surface area contributed by atoms with Crippen molar-refractivity contribution >= 4 is 18.3 Å². The number of nitrogens with one attached hydrogen (secondary N) is 1. The van der Waals surface area contributed by atoms with Crippen LogP contribution in [0.3, 0.4) is 0 Å². The Labute approximate surface area is 134 Å². The highest BCUT2D eigenvalue weighted by molar-refractivity contribution is 5.85. The van der Waals surface area contributed by atoms with E-state index in [4.69, 9.17) is 0 Å². The highest BCUT2D eigenvalue weighted by Crippen LogP contribution is 2.55. The molecule has 4 heteroatoms. The Morgan fingerprint density at radius 3 is 2.24 bits per heavy atom. The zero-order chi connectivity index (χ0) is 13.7. The molecule has 1 atom stereocenters. The van der Waals surface area contributed by atoms with Gasteiger partial charge in [-0.2, -0.15) is 0 Å². The van der Waals surface area contributed by atoms with E-state index in [-0.39, 0.29) is 12.4 Å². The lowest BCUT2D eigenvalue weighted by atomic mass is 9.54. The number of amides is 1. The fraction of sp³-hybridized carbons (Fsp3) is 0.941. The van der Waals surface area contributed by atoms with Crippen LogP contribution in [0.5, 0.6) is 0 Å². The van der Waals surface area contributed by atoms with Gasteiger partial charge < -0.3 is 10.2 Å². The third kappa shape index (κ3) is 2.84. The summed E-state index contributed by atoms with van der Waals surface area (Å²) in [6.45, 7) is 2.14. The number of hydrogen-bond acceptors (Lipinski definition) is 2. The molecule has 4 saturated carbocycles. The van der Waals surface area contributed by atoms with Crippen molar-refractivity contribution in [3.8, 4) is 0 Å². The molecule has 4 aliphatic carbocycles. The second-order valence-corrected chi connectivity index (χ2v) is 7.99. The van der Waals surface area contributed by atoms with Gasteiger partial charge in [-0.3, -0.25) is 4.79 Å². The maximum absolute atomic E-state index is 12.6. The van der Waals surface area contributed by atoms with Gasteiger partial charge in [0.15, 0.2) is 0 Å². The average Bonchev–Trinajstić information content (AvgIpc) is 2.90. The quantitative estimate of drug-likeness (QED) is 0.869. The summed E-state index contributed by atoms with van der Waals surface area (Å²) < 4.78 is 0. The van der Waals surface area contributed by atoms with Gasteiger partial charge in [0.1, 0.15) is 0 Å². The summed E-state index contributed by atoms with van der Waals surface area (Å²) in [6, 6.07) is 0.574. The Bertz CT molecular complexity index is 366. The summed E-state index contributed by atoms with van der Waals surface area (Å²) in [4.78, 5) is 14.8. The minimum atomic E-state index is 0. The zero-order valence-corrected chi connectivity index (χ0v) is 13.9. The van der Waals surface area contributed by atoms with E-state index in [0.29, 0.717) is 17.9 Å². The van der Waals surface area contributed by atoms with Crippen LogP contribution in [0.1, 0.15) is 44.9 Å². The molecule has 5 fully saturated rings. The second kappa shape index (κ2) is 6.08. The lowest BCUT2D eigenvalue weighted by Gasteiger charge is -2.56. The smallest absolute Gasteiger partial charge is 0.222 e. The summed E-state index contributed by atoms with van der Waals surface area (Å²) in [5, 5.41) is 3.38. The van der Waals surface area contributed by atoms with E-state index in [1.807, 2.05) is 0 Å². The average molecular weight is 313 g/mol. The summed E-state index contributed by atoms with van der Waals surface area (Å²) in [5.41, 5.74) is 0. The van der Waals surface area contributed by atoms with Crippen molar-refractivity contribution in [3.05, 3.63) is 0 Å². The molecule has 120 valence electrons. The minimum Gasteiger partial charge on any atom is -0.342 e. The first-order chi connectivity index (χ1) is 9.70. The molecule has 0 spiro atoms. The van der Waals surface area contributed by atoms with Crippen molar-refractivity contribution in [1.29, 1.82) is 0 Å². The first kappa shape index (κ1) is 15.6. The monoisotopic (exact) mass is 312 g/mol. The molecule has 4 bridgehead atoms. The van der Waals surface area contributed by atoms with Crippen LogP contribution in [0.2, 0.25) is 0 Å². The fourth-order valence-corrected chi connectivity index (χ4v) is 5.97. The van der Waals surface area contributed by atoms with Gasteiger partial charge in [-0.1, -0.05) is 0 Å². The third-order valence-corrected chi connectivity index (χ3v) is 6.64. The standard InChI is InChI=1S/C17H28N2O.ClH/c1-19(16(20)9-11-2-3-18-10-11)17-14-5-12-4-13(7-14)8-15(17)6-12;/h11-15,17-18H,2-10H2,1H3;1H. The first-order valence-corrected chi connectivity index (χ1v) is 8.67. The molecule has 1 N–H and O–H groups in total. The number of carbonyl (C=O) groups is 1. The van der Waals surface area contributed by atoms with Crippen LogP contribution in [0.25, 0.3) is 0 Å². The molecular weight excluding hydrogens is 284 g/mol. The summed E-state index contributed by atoms with van der Waals surface area (Å²) in [6.07, 6.45) is 9.06. The van der Waals surface area contributed by atoms with E-state index in [0.717, 1.165) is 43.2 Å². The molecule has 0 aromatic carbocycles. The summed E-state index contributed by atoms with van der Waals surface area (Å²) >= 11 is 0. The predicted octanol–water partition coefficient (Wildman–Crippen LogP) is 2.69. The van der Waals surface area contributed by atoms with Crippen LogP contribution in [0.4, 0.5) is 0 Å². The molecule has 5 aliphatic rings. The molecule has 1 amide bonds. The Kier molecular flexibility index (Phi) is 4.52. The van der Waals surface area contributed by atoms with Gasteiger partial charge in [0.25, 0.3) is 0 Å². The highest BCUT2D eigenvalue weighted by atomic mass is 35.5. The molecule has 21 heavy (non-hydrogen) atoms. The Morgan fingerprint density at radius 2 is 1.71 bits per heavy atom. The maximum Gasteiger partial charge on any atom is 0.222 e. The first-order valence-electron chi connectivity index (χ1n) is 8.67. The van der Waals surface area contributed by atoms with E-state index < -0.39 is 0 Å². The van der Waals surface area contributed by atoms with Crippen LogP contribution >= 0.6 is 12.4 Å². The lowest BCUT2D eigenvalue weighted by molar-refractivity contribution is -0.142. The Hall–Kier alpha value is -0.280. The second-order valence-electron chi connectivity index (χ2n) is 7.99. The predicted molar refractivity (Wildman–Crippen MR) is 86.4 cm³/mol. The van der Waals surface area contributed by atoms with Crippen LogP contribution in [0, 0.1) is 29.6 Å². The Morgan fingerprint density at radius 1 is 1.10 bits per heavy atom. The summed E-state index contributed by atoms with van der Waals surface area (Å²) in [5.74, 6) is 4.63. The zero-order valence-electron chi connectivity index (χ0n) is 13.1. The van der Waals surface area contributed by atoms with E-state index in [2.05, 4.69) is 17.3 Å². The van der Waals surface area contributed by atoms with E-state index in [1.54, 1.807) is 0 Å². The molecule has 0 aromatic heterocycles. The van der Waals surface area contributed by atoms with Crippen molar-refractivity contribution in [3.63, 3.8) is 0 Å².